The van der Waals surface area contributed by atoms with Gasteiger partial charge in [0.05, 0.1) is 18.2 Å². The Morgan fingerprint density at radius 3 is 2.85 bits per heavy atom. The number of amides is 1. The van der Waals surface area contributed by atoms with E-state index in [1.54, 1.807) is 18.2 Å². The summed E-state index contributed by atoms with van der Waals surface area (Å²) in [6.07, 6.45) is 0.940. The summed E-state index contributed by atoms with van der Waals surface area (Å²) in [7, 11) is 0. The van der Waals surface area contributed by atoms with E-state index in [1.165, 1.54) is 0 Å². The van der Waals surface area contributed by atoms with Crippen molar-refractivity contribution in [2.75, 3.05) is 39.4 Å². The van der Waals surface area contributed by atoms with Gasteiger partial charge in [0.25, 0.3) is 5.91 Å². The molecule has 0 saturated carbocycles. The maximum absolute atomic E-state index is 11.9. The minimum Gasteiger partial charge on any atom is -0.379 e. The van der Waals surface area contributed by atoms with Crippen molar-refractivity contribution < 1.29 is 9.53 Å². The molecule has 1 saturated heterocycles. The molecule has 1 aliphatic rings. The highest BCUT2D eigenvalue weighted by atomic mass is 79.9. The van der Waals surface area contributed by atoms with E-state index in [0.717, 1.165) is 43.7 Å². The number of ether oxygens (including phenoxy) is 1. The third-order valence-electron chi connectivity index (χ3n) is 3.22. The maximum Gasteiger partial charge on any atom is 0.251 e. The van der Waals surface area contributed by atoms with Gasteiger partial charge < -0.3 is 10.1 Å². The number of benzene rings is 1. The number of rotatable bonds is 5. The van der Waals surface area contributed by atoms with Crippen LogP contribution in [-0.4, -0.2) is 50.2 Å². The van der Waals surface area contributed by atoms with E-state index in [1.807, 2.05) is 0 Å². The molecule has 1 aromatic carbocycles. The molecule has 0 radical (unpaired) electrons. The number of nitrogens with one attached hydrogen (secondary N) is 1. The molecule has 1 aliphatic heterocycles. The van der Waals surface area contributed by atoms with Crippen LogP contribution in [0.2, 0.25) is 5.02 Å². The van der Waals surface area contributed by atoms with Crippen LogP contribution < -0.4 is 5.32 Å². The van der Waals surface area contributed by atoms with Gasteiger partial charge in [0, 0.05) is 29.7 Å². The Morgan fingerprint density at radius 2 is 2.15 bits per heavy atom. The van der Waals surface area contributed by atoms with Gasteiger partial charge in [-0.1, -0.05) is 11.6 Å². The summed E-state index contributed by atoms with van der Waals surface area (Å²) in [5.41, 5.74) is 0.588. The van der Waals surface area contributed by atoms with E-state index >= 15 is 0 Å². The van der Waals surface area contributed by atoms with Gasteiger partial charge in [0.1, 0.15) is 0 Å². The summed E-state index contributed by atoms with van der Waals surface area (Å²) in [5, 5.41) is 3.46. The molecule has 20 heavy (non-hydrogen) atoms. The summed E-state index contributed by atoms with van der Waals surface area (Å²) in [6.45, 7) is 5.24. The highest BCUT2D eigenvalue weighted by Crippen LogP contribution is 2.23. The van der Waals surface area contributed by atoms with Crippen LogP contribution >= 0.6 is 27.5 Å². The molecular formula is C14H18BrClN2O2. The molecule has 6 heteroatoms. The van der Waals surface area contributed by atoms with Crippen LogP contribution in [-0.2, 0) is 4.74 Å². The molecule has 1 aromatic rings. The number of morpholine rings is 1. The average Bonchev–Trinajstić information content (AvgIpc) is 2.47. The van der Waals surface area contributed by atoms with Gasteiger partial charge in [-0.2, -0.15) is 0 Å². The summed E-state index contributed by atoms with van der Waals surface area (Å²) in [5.74, 6) is -0.0821. The molecule has 1 fully saturated rings. The SMILES string of the molecule is O=C(NCCCN1CCOCC1)c1ccc(Br)c(Cl)c1. The standard InChI is InChI=1S/C14H18BrClN2O2/c15-12-3-2-11(10-13(12)16)14(19)17-4-1-5-18-6-8-20-9-7-18/h2-3,10H,1,4-9H2,(H,17,19). The van der Waals surface area contributed by atoms with Crippen molar-refractivity contribution in [1.29, 1.82) is 0 Å². The molecular weight excluding hydrogens is 344 g/mol. The molecule has 0 bridgehead atoms. The fraction of sp³-hybridized carbons (Fsp3) is 0.500. The van der Waals surface area contributed by atoms with Crippen LogP contribution in [0.5, 0.6) is 0 Å². The number of hydrogen-bond acceptors (Lipinski definition) is 3. The van der Waals surface area contributed by atoms with Crippen LogP contribution in [0.3, 0.4) is 0 Å². The Labute approximate surface area is 132 Å². The van der Waals surface area contributed by atoms with E-state index < -0.39 is 0 Å². The van der Waals surface area contributed by atoms with Gasteiger partial charge in [0.2, 0.25) is 0 Å². The average molecular weight is 362 g/mol. The first-order valence-electron chi connectivity index (χ1n) is 6.70. The quantitative estimate of drug-likeness (QED) is 0.820. The zero-order chi connectivity index (χ0) is 14.4. The third-order valence-corrected chi connectivity index (χ3v) is 4.45. The first-order valence-corrected chi connectivity index (χ1v) is 7.87. The van der Waals surface area contributed by atoms with Crippen molar-refractivity contribution in [2.45, 2.75) is 6.42 Å². The van der Waals surface area contributed by atoms with Gasteiger partial charge in [-0.3, -0.25) is 9.69 Å². The molecule has 0 atom stereocenters. The number of hydrogen-bond donors (Lipinski definition) is 1. The first kappa shape index (κ1) is 15.8. The van der Waals surface area contributed by atoms with Crippen molar-refractivity contribution >= 4 is 33.4 Å². The highest BCUT2D eigenvalue weighted by molar-refractivity contribution is 9.10. The van der Waals surface area contributed by atoms with E-state index in [0.29, 0.717) is 17.1 Å². The lowest BCUT2D eigenvalue weighted by atomic mass is 10.2. The van der Waals surface area contributed by atoms with Crippen molar-refractivity contribution in [2.24, 2.45) is 0 Å². The summed E-state index contributed by atoms with van der Waals surface area (Å²) >= 11 is 9.28. The monoisotopic (exact) mass is 360 g/mol. The van der Waals surface area contributed by atoms with Gasteiger partial charge in [-0.25, -0.2) is 0 Å². The maximum atomic E-state index is 11.9. The fourth-order valence-electron chi connectivity index (χ4n) is 2.07. The molecule has 110 valence electrons. The molecule has 0 spiro atoms. The minimum absolute atomic E-state index is 0.0821. The van der Waals surface area contributed by atoms with Crippen molar-refractivity contribution in [3.8, 4) is 0 Å². The highest BCUT2D eigenvalue weighted by Gasteiger charge is 2.10. The third kappa shape index (κ3) is 4.74. The molecule has 1 N–H and O–H groups in total. The Kier molecular flexibility index (Phi) is 6.29. The Hall–Kier alpha value is -0.620. The molecule has 0 unspecified atom stereocenters. The normalized spacial score (nSPS) is 16.1. The molecule has 2 rings (SSSR count). The zero-order valence-corrected chi connectivity index (χ0v) is 13.5. The van der Waals surface area contributed by atoms with E-state index in [9.17, 15) is 4.79 Å². The topological polar surface area (TPSA) is 41.6 Å². The predicted molar refractivity (Wildman–Crippen MR) is 83.4 cm³/mol. The summed E-state index contributed by atoms with van der Waals surface area (Å²) < 4.78 is 6.09. The molecule has 1 amide bonds. The lowest BCUT2D eigenvalue weighted by Crippen LogP contribution is -2.38. The van der Waals surface area contributed by atoms with Crippen molar-refractivity contribution in [3.05, 3.63) is 33.3 Å². The molecule has 0 aromatic heterocycles. The number of carbonyl (C=O) groups is 1. The number of carbonyl (C=O) groups excluding carboxylic acids is 1. The van der Waals surface area contributed by atoms with E-state index in [-0.39, 0.29) is 5.91 Å². The predicted octanol–water partition coefficient (Wildman–Crippen LogP) is 2.55. The van der Waals surface area contributed by atoms with Crippen LogP contribution in [0.4, 0.5) is 0 Å². The second-order valence-electron chi connectivity index (χ2n) is 4.69. The van der Waals surface area contributed by atoms with E-state index in [2.05, 4.69) is 26.1 Å². The molecule has 1 heterocycles. The van der Waals surface area contributed by atoms with Crippen LogP contribution in [0.1, 0.15) is 16.8 Å². The Bertz CT molecular complexity index is 464. The smallest absolute Gasteiger partial charge is 0.251 e. The van der Waals surface area contributed by atoms with Gasteiger partial charge in [-0.05, 0) is 47.1 Å². The summed E-state index contributed by atoms with van der Waals surface area (Å²) in [4.78, 5) is 14.3. The zero-order valence-electron chi connectivity index (χ0n) is 11.2. The number of halogens is 2. The first-order chi connectivity index (χ1) is 9.66. The number of nitrogens with zero attached hydrogens (tertiary/aromatic N) is 1. The van der Waals surface area contributed by atoms with Crippen LogP contribution in [0.25, 0.3) is 0 Å². The fourth-order valence-corrected chi connectivity index (χ4v) is 2.50. The Balaban J connectivity index is 1.70. The largest absolute Gasteiger partial charge is 0.379 e. The molecule has 0 aliphatic carbocycles. The second kappa shape index (κ2) is 7.98. The summed E-state index contributed by atoms with van der Waals surface area (Å²) in [6, 6.07) is 5.21. The van der Waals surface area contributed by atoms with Crippen LogP contribution in [0.15, 0.2) is 22.7 Å². The van der Waals surface area contributed by atoms with Crippen LogP contribution in [0, 0.1) is 0 Å². The lowest BCUT2D eigenvalue weighted by Gasteiger charge is -2.26. The second-order valence-corrected chi connectivity index (χ2v) is 5.95. The van der Waals surface area contributed by atoms with E-state index in [4.69, 9.17) is 16.3 Å². The van der Waals surface area contributed by atoms with Gasteiger partial charge in [0.15, 0.2) is 0 Å². The van der Waals surface area contributed by atoms with Gasteiger partial charge in [-0.15, -0.1) is 0 Å². The molecule has 4 nitrogen and oxygen atoms in total. The minimum atomic E-state index is -0.0821. The van der Waals surface area contributed by atoms with Gasteiger partial charge >= 0.3 is 0 Å². The lowest BCUT2D eigenvalue weighted by molar-refractivity contribution is 0.0374. The Morgan fingerprint density at radius 1 is 1.40 bits per heavy atom. The van der Waals surface area contributed by atoms with Crippen molar-refractivity contribution in [3.63, 3.8) is 0 Å². The van der Waals surface area contributed by atoms with Crippen molar-refractivity contribution in [1.82, 2.24) is 10.2 Å².